The maximum Gasteiger partial charge on any atom is 0.352 e. The molecule has 2 aromatic heterocycles. The molecule has 24 heavy (non-hydrogen) atoms. The molecule has 1 N–H and O–H groups in total. The Morgan fingerprint density at radius 1 is 1.42 bits per heavy atom. The highest BCUT2D eigenvalue weighted by molar-refractivity contribution is 7.15. The Labute approximate surface area is 139 Å². The Morgan fingerprint density at radius 2 is 2.29 bits per heavy atom. The van der Waals surface area contributed by atoms with Crippen LogP contribution in [-0.2, 0) is 9.59 Å². The van der Waals surface area contributed by atoms with Crippen LogP contribution in [0.2, 0.25) is 0 Å². The molecule has 1 atom stereocenters. The molecule has 1 amide bonds. The smallest absolute Gasteiger partial charge is 0.352 e. The van der Waals surface area contributed by atoms with Crippen molar-refractivity contribution in [2.45, 2.75) is 12.5 Å². The number of hydrogen-bond donors (Lipinski definition) is 1. The quantitative estimate of drug-likeness (QED) is 0.576. The minimum atomic E-state index is -1.05. The second-order valence-corrected chi connectivity index (χ2v) is 6.71. The number of β-lactam (4-membered cyclic amide) rings is 1. The van der Waals surface area contributed by atoms with Crippen molar-refractivity contribution in [1.29, 1.82) is 0 Å². The summed E-state index contributed by atoms with van der Waals surface area (Å²) in [6.07, 6.45) is 6.00. The third-order valence-electron chi connectivity index (χ3n) is 4.54. The molecule has 2 aliphatic heterocycles. The fraction of sp³-hybridized carbons (Fsp3) is 0.118. The van der Waals surface area contributed by atoms with Crippen LogP contribution < -0.4 is 0 Å². The molecular formula is C17H11N3O3S. The summed E-state index contributed by atoms with van der Waals surface area (Å²) >= 11 is 1.58. The van der Waals surface area contributed by atoms with Gasteiger partial charge in [0, 0.05) is 17.2 Å². The van der Waals surface area contributed by atoms with Crippen molar-refractivity contribution in [2.24, 2.45) is 0 Å². The summed E-state index contributed by atoms with van der Waals surface area (Å²) in [5.41, 5.74) is 3.59. The molecule has 1 saturated heterocycles. The highest BCUT2D eigenvalue weighted by Gasteiger charge is 2.48. The second-order valence-electron chi connectivity index (χ2n) is 5.84. The highest BCUT2D eigenvalue weighted by Crippen LogP contribution is 2.39. The number of benzene rings is 1. The van der Waals surface area contributed by atoms with Crippen LogP contribution in [0.15, 0.2) is 47.1 Å². The summed E-state index contributed by atoms with van der Waals surface area (Å²) in [4.78, 5) is 30.3. The number of nitrogens with zero attached hydrogens (tertiary/aromatic N) is 3. The van der Waals surface area contributed by atoms with Gasteiger partial charge in [0.25, 0.3) is 5.91 Å². The molecule has 118 valence electrons. The number of aromatic nitrogens is 2. The lowest BCUT2D eigenvalue weighted by atomic mass is 9.92. The molecule has 0 saturated carbocycles. The summed E-state index contributed by atoms with van der Waals surface area (Å²) in [5.74, 6) is -1.27. The van der Waals surface area contributed by atoms with E-state index in [0.717, 1.165) is 21.6 Å². The summed E-state index contributed by atoms with van der Waals surface area (Å²) in [6, 6.07) is 5.73. The zero-order valence-corrected chi connectivity index (χ0v) is 13.2. The van der Waals surface area contributed by atoms with Crippen LogP contribution in [0.4, 0.5) is 0 Å². The molecule has 0 bridgehead atoms. The topological polar surface area (TPSA) is 74.9 Å². The SMILES string of the molecule is O=C(O)C1=CCC2/C(=C\c3ccc4nc5sccn5c4c3)C(=O)N12. The van der Waals surface area contributed by atoms with E-state index in [0.29, 0.717) is 12.0 Å². The van der Waals surface area contributed by atoms with Gasteiger partial charge < -0.3 is 5.11 Å². The zero-order valence-electron chi connectivity index (χ0n) is 12.3. The molecule has 0 spiro atoms. The van der Waals surface area contributed by atoms with Crippen LogP contribution in [-0.4, -0.2) is 37.3 Å². The average Bonchev–Trinajstić information content (AvgIpc) is 3.24. The number of hydrogen-bond acceptors (Lipinski definition) is 4. The van der Waals surface area contributed by atoms with Crippen LogP contribution >= 0.6 is 11.3 Å². The summed E-state index contributed by atoms with van der Waals surface area (Å²) in [6.45, 7) is 0. The van der Waals surface area contributed by atoms with Gasteiger partial charge in [-0.25, -0.2) is 9.78 Å². The molecule has 1 aromatic carbocycles. The molecule has 0 radical (unpaired) electrons. The number of rotatable bonds is 2. The van der Waals surface area contributed by atoms with Crippen LogP contribution in [0.5, 0.6) is 0 Å². The number of thiazole rings is 1. The van der Waals surface area contributed by atoms with E-state index in [4.69, 9.17) is 5.11 Å². The predicted molar refractivity (Wildman–Crippen MR) is 89.5 cm³/mol. The van der Waals surface area contributed by atoms with E-state index in [2.05, 4.69) is 4.98 Å². The average molecular weight is 337 g/mol. The van der Waals surface area contributed by atoms with Crippen molar-refractivity contribution in [3.8, 4) is 0 Å². The second kappa shape index (κ2) is 4.55. The van der Waals surface area contributed by atoms with E-state index in [-0.39, 0.29) is 17.6 Å². The zero-order chi connectivity index (χ0) is 16.4. The Balaban J connectivity index is 1.54. The highest BCUT2D eigenvalue weighted by atomic mass is 32.1. The van der Waals surface area contributed by atoms with E-state index in [1.54, 1.807) is 17.4 Å². The number of amides is 1. The fourth-order valence-electron chi connectivity index (χ4n) is 3.41. The number of imidazole rings is 1. The van der Waals surface area contributed by atoms with Crippen molar-refractivity contribution in [3.05, 3.63) is 52.7 Å². The van der Waals surface area contributed by atoms with E-state index >= 15 is 0 Å². The first-order valence-corrected chi connectivity index (χ1v) is 8.35. The van der Waals surface area contributed by atoms with Gasteiger partial charge in [-0.15, -0.1) is 11.3 Å². The molecule has 1 unspecified atom stereocenters. The van der Waals surface area contributed by atoms with Crippen molar-refractivity contribution in [2.75, 3.05) is 0 Å². The van der Waals surface area contributed by atoms with Crippen molar-refractivity contribution in [1.82, 2.24) is 14.3 Å². The number of carboxylic acids is 1. The van der Waals surface area contributed by atoms with Gasteiger partial charge in [0.05, 0.1) is 17.1 Å². The monoisotopic (exact) mass is 337 g/mol. The van der Waals surface area contributed by atoms with Crippen LogP contribution in [0, 0.1) is 0 Å². The van der Waals surface area contributed by atoms with E-state index in [9.17, 15) is 9.59 Å². The third kappa shape index (κ3) is 1.67. The largest absolute Gasteiger partial charge is 0.477 e. The first-order valence-electron chi connectivity index (χ1n) is 7.47. The van der Waals surface area contributed by atoms with Gasteiger partial charge in [0.1, 0.15) is 5.70 Å². The van der Waals surface area contributed by atoms with Gasteiger partial charge >= 0.3 is 5.97 Å². The van der Waals surface area contributed by atoms with Crippen LogP contribution in [0.25, 0.3) is 22.1 Å². The molecule has 5 rings (SSSR count). The predicted octanol–water partition coefficient (Wildman–Crippen LogP) is 2.52. The van der Waals surface area contributed by atoms with Crippen molar-refractivity contribution >= 4 is 45.3 Å². The van der Waals surface area contributed by atoms with E-state index in [1.807, 2.05) is 40.3 Å². The normalized spacial score (nSPS) is 21.4. The van der Waals surface area contributed by atoms with Gasteiger partial charge in [0.2, 0.25) is 0 Å². The molecule has 7 heteroatoms. The molecule has 4 heterocycles. The number of carbonyl (C=O) groups excluding carboxylic acids is 1. The maximum atomic E-state index is 12.3. The maximum absolute atomic E-state index is 12.3. The lowest BCUT2D eigenvalue weighted by molar-refractivity contribution is -0.142. The fourth-order valence-corrected chi connectivity index (χ4v) is 4.14. The van der Waals surface area contributed by atoms with Gasteiger partial charge in [-0.1, -0.05) is 12.1 Å². The minimum Gasteiger partial charge on any atom is -0.477 e. The van der Waals surface area contributed by atoms with Gasteiger partial charge in [-0.05, 0) is 30.2 Å². The van der Waals surface area contributed by atoms with Crippen molar-refractivity contribution < 1.29 is 14.7 Å². The summed E-state index contributed by atoms with van der Waals surface area (Å²) in [7, 11) is 0. The van der Waals surface area contributed by atoms with Crippen molar-refractivity contribution in [3.63, 3.8) is 0 Å². The number of carbonyl (C=O) groups is 2. The Hall–Kier alpha value is -2.93. The lowest BCUT2D eigenvalue weighted by Gasteiger charge is -2.38. The molecule has 2 aliphatic rings. The van der Waals surface area contributed by atoms with E-state index < -0.39 is 5.97 Å². The Kier molecular flexibility index (Phi) is 2.56. The van der Waals surface area contributed by atoms with Gasteiger partial charge in [-0.3, -0.25) is 14.1 Å². The third-order valence-corrected chi connectivity index (χ3v) is 5.29. The minimum absolute atomic E-state index is 0.0911. The molecule has 1 fully saturated rings. The number of fused-ring (bicyclic) bond motifs is 4. The molecule has 3 aromatic rings. The lowest BCUT2D eigenvalue weighted by Crippen LogP contribution is -2.52. The molecule has 0 aliphatic carbocycles. The van der Waals surface area contributed by atoms with Gasteiger partial charge in [0.15, 0.2) is 4.96 Å². The first kappa shape index (κ1) is 13.5. The van der Waals surface area contributed by atoms with Crippen LogP contribution in [0.1, 0.15) is 12.0 Å². The molecule has 6 nitrogen and oxygen atoms in total. The number of carboxylic acid groups (broad SMARTS) is 1. The van der Waals surface area contributed by atoms with Crippen LogP contribution in [0.3, 0.4) is 0 Å². The first-order chi connectivity index (χ1) is 11.6. The van der Waals surface area contributed by atoms with E-state index in [1.165, 1.54) is 4.90 Å². The standard InChI is InChI=1S/C17H11N3O3S/c21-15-10(12-3-4-13(16(22)23)20(12)15)7-9-1-2-11-14(8-9)19-5-6-24-17(19)18-11/h1-2,4-8,12H,3H2,(H,22,23)/b10-7+. The summed E-state index contributed by atoms with van der Waals surface area (Å²) in [5, 5.41) is 11.1. The van der Waals surface area contributed by atoms with Gasteiger partial charge in [-0.2, -0.15) is 0 Å². The molecular weight excluding hydrogens is 326 g/mol. The Bertz CT molecular complexity index is 1100. The summed E-state index contributed by atoms with van der Waals surface area (Å²) < 4.78 is 2.02. The number of aliphatic carboxylic acids is 1. The Morgan fingerprint density at radius 3 is 3.12 bits per heavy atom.